The van der Waals surface area contributed by atoms with E-state index in [-0.39, 0.29) is 25.9 Å². The number of hydrogen-bond donors (Lipinski definition) is 3. The lowest BCUT2D eigenvalue weighted by Gasteiger charge is -2.07. The van der Waals surface area contributed by atoms with E-state index in [0.29, 0.717) is 131 Å². The molecule has 680 valence electrons. The number of esters is 1. The summed E-state index contributed by atoms with van der Waals surface area (Å²) in [6.45, 7) is 73.1. The Kier molecular flexibility index (Phi) is 134. The number of para-hydroxylation sites is 1. The highest BCUT2D eigenvalue weighted by molar-refractivity contribution is 5.86. The summed E-state index contributed by atoms with van der Waals surface area (Å²) in [6.07, 6.45) is 18.9. The fraction of sp³-hybridized carbons (Fsp3) is 0.374. The zero-order valence-electron chi connectivity index (χ0n) is 72.7. The number of aldehydes is 1. The van der Waals surface area contributed by atoms with Crippen LogP contribution in [-0.4, -0.2) is 213 Å². The zero-order valence-corrected chi connectivity index (χ0v) is 72.7. The molecule has 4 aromatic carbocycles. The first kappa shape index (κ1) is 129. The summed E-state index contributed by atoms with van der Waals surface area (Å²) in [6, 6.07) is 35.9. The quantitative estimate of drug-likeness (QED) is 0.00703. The minimum Gasteiger partial charge on any atom is -0.505 e. The van der Waals surface area contributed by atoms with E-state index in [1.54, 1.807) is 28.3 Å². The number of carbonyl (C=O) groups is 3. The van der Waals surface area contributed by atoms with Crippen molar-refractivity contribution in [3.8, 4) is 28.4 Å². The summed E-state index contributed by atoms with van der Waals surface area (Å²) >= 11 is 0. The van der Waals surface area contributed by atoms with Gasteiger partial charge in [-0.15, -0.1) is 0 Å². The number of carboxylic acid groups (broad SMARTS) is 1. The molecule has 0 spiro atoms. The molecule has 0 aliphatic carbocycles. The highest BCUT2D eigenvalue weighted by Gasteiger charge is 2.02. The Morgan fingerprint density at radius 3 is 0.958 bits per heavy atom. The molecule has 29 nitrogen and oxygen atoms in total. The predicted molar refractivity (Wildman–Crippen MR) is 475 cm³/mol. The molecule has 0 amide bonds. The van der Waals surface area contributed by atoms with Crippen molar-refractivity contribution in [3.05, 3.63) is 307 Å². The van der Waals surface area contributed by atoms with Gasteiger partial charge in [0.2, 0.25) is 0 Å². The molecule has 0 saturated carbocycles. The van der Waals surface area contributed by atoms with Crippen molar-refractivity contribution >= 4 is 18.4 Å². The molecular weight excluding hydrogens is 1560 g/mol. The van der Waals surface area contributed by atoms with Crippen molar-refractivity contribution in [1.82, 2.24) is 0 Å². The molecule has 0 aliphatic rings. The summed E-state index contributed by atoms with van der Waals surface area (Å²) in [5.41, 5.74) is 4.02. The molecule has 0 atom stereocenters. The maximum atomic E-state index is 10.7. The monoisotopic (exact) mass is 1700 g/mol. The predicted octanol–water partition coefficient (Wildman–Crippen LogP) is 18.0. The van der Waals surface area contributed by atoms with E-state index in [2.05, 4.69) is 161 Å². The van der Waals surface area contributed by atoms with E-state index in [4.69, 9.17) is 86.4 Å². The van der Waals surface area contributed by atoms with Crippen molar-refractivity contribution in [2.45, 2.75) is 54.1 Å². The van der Waals surface area contributed by atoms with Crippen molar-refractivity contribution < 1.29 is 139 Å². The van der Waals surface area contributed by atoms with Crippen molar-refractivity contribution in [2.75, 3.05) is 173 Å². The van der Waals surface area contributed by atoms with E-state index in [1.807, 2.05) is 120 Å². The van der Waals surface area contributed by atoms with Gasteiger partial charge >= 0.3 is 12.1 Å². The van der Waals surface area contributed by atoms with Crippen molar-refractivity contribution in [2.24, 2.45) is 0 Å². The second kappa shape index (κ2) is 125. The minimum atomic E-state index is -1.49. The van der Waals surface area contributed by atoms with E-state index >= 15 is 0 Å². The molecule has 0 radical (unpaired) electrons. The van der Waals surface area contributed by atoms with E-state index in [9.17, 15) is 14.4 Å². The van der Waals surface area contributed by atoms with Gasteiger partial charge in [0.1, 0.15) is 122 Å². The molecule has 29 heteroatoms. The van der Waals surface area contributed by atoms with Gasteiger partial charge in [0, 0.05) is 39.4 Å². The van der Waals surface area contributed by atoms with Gasteiger partial charge in [0.15, 0.2) is 0 Å². The lowest BCUT2D eigenvalue weighted by Crippen LogP contribution is -2.09. The minimum absolute atomic E-state index is 0.0615. The van der Waals surface area contributed by atoms with Crippen LogP contribution in [0.1, 0.15) is 46.6 Å². The maximum Gasteiger partial charge on any atom is 0.547 e. The molecule has 0 saturated heterocycles. The second-order valence-corrected chi connectivity index (χ2v) is 20.0. The second-order valence-electron chi connectivity index (χ2n) is 20.0. The van der Waals surface area contributed by atoms with Crippen LogP contribution < -0.4 is 14.2 Å². The van der Waals surface area contributed by atoms with E-state index in [0.717, 1.165) is 43.0 Å². The normalized spacial score (nSPS) is 8.43. The standard InChI is InChI=1S/C16H16O2.C11H14O2.C10H12O2.C8H12O3.2C6H12O2.2C5H10O2.C5H8O2.C5H10O.2C4H8O2.C3H4O4.C3H6O/c1-2-17-12-13-18-16-10-8-15(9-11-16)14-6-4-3-5-7-14;1-3-12-8-9-13-11-6-4-10(2)5-7-11;1-2-11-8-9-12-10-6-4-3-5-7-10;1-4-10-5-6-11-8(9)7(2)3;2*1-3-7-5-6-8-4-2;2*1-3-7-5-4-6-2;1-2-7-5-3-4-6;1-4-6-5(2)3;2*1-2-6-4-3-5;1-2-6-7-3(4)5;1-3-4-2/h2-11H,1,12-13H2;3-7H,1,8-9H2,2H3;2-7H,1,8-9H2;4H,1-2,5-6H2,3H3;2*3H,1,4-6H2,2H3;2*3H,1,4-5H2,2H3;2,4H,1,3,5H2;4-5H,1H2,2-3H3;2*2,5H,1,3-4H2;2H,1H2,(H,4,5);3H,1H2,2H3. The zero-order chi connectivity index (χ0) is 92.3. The molecule has 4 rings (SSSR count). The number of benzene rings is 4. The third-order valence-corrected chi connectivity index (χ3v) is 10.6. The number of carbonyl (C=O) groups excluding carboxylic acids is 2. The Bertz CT molecular complexity index is 2830. The van der Waals surface area contributed by atoms with Crippen LogP contribution in [0.15, 0.2) is 301 Å². The van der Waals surface area contributed by atoms with Gasteiger partial charge in [-0.3, -0.25) is 4.89 Å². The van der Waals surface area contributed by atoms with Crippen LogP contribution in [0, 0.1) is 6.92 Å². The molecular formula is C91H142O29. The Balaban J connectivity index is -0.000000138. The SMILES string of the molecule is C=COC.C=COC(C)C.C=COCCC=O.C=COCCO.C=COCCO.C=COCCOC.C=COCCOC.C=COCCOC(=O)C(=C)C.C=COCCOCC.C=COCCOCC.C=COCCOc1ccc(-c2ccccc2)cc1.C=COCCOc1ccc(C)cc1.C=COCCOc1ccccc1.C=COOC(=O)O. The van der Waals surface area contributed by atoms with Crippen LogP contribution in [0.4, 0.5) is 4.79 Å². The highest BCUT2D eigenvalue weighted by Crippen LogP contribution is 2.22. The lowest BCUT2D eigenvalue weighted by molar-refractivity contribution is -0.202. The first-order chi connectivity index (χ1) is 58.2. The van der Waals surface area contributed by atoms with Gasteiger partial charge in [-0.1, -0.05) is 177 Å². The molecule has 0 aromatic heterocycles. The number of aliphatic hydroxyl groups is 2. The van der Waals surface area contributed by atoms with E-state index in [1.165, 1.54) is 98.1 Å². The van der Waals surface area contributed by atoms with Crippen molar-refractivity contribution in [1.29, 1.82) is 0 Å². The fourth-order valence-corrected chi connectivity index (χ4v) is 5.63. The van der Waals surface area contributed by atoms with Crippen LogP contribution in [0.3, 0.4) is 0 Å². The Morgan fingerprint density at radius 2 is 0.692 bits per heavy atom. The fourth-order valence-electron chi connectivity index (χ4n) is 5.63. The summed E-state index contributed by atoms with van der Waals surface area (Å²) < 4.78 is 101. The number of ether oxygens (including phenoxy) is 21. The maximum absolute atomic E-state index is 10.7. The third-order valence-electron chi connectivity index (χ3n) is 10.6. The molecule has 120 heavy (non-hydrogen) atoms. The number of methoxy groups -OCH3 is 3. The van der Waals surface area contributed by atoms with E-state index < -0.39 is 12.1 Å². The van der Waals surface area contributed by atoms with Crippen LogP contribution >= 0.6 is 0 Å². The van der Waals surface area contributed by atoms with Gasteiger partial charge in [-0.25, -0.2) is 14.5 Å². The molecule has 0 fully saturated rings. The van der Waals surface area contributed by atoms with Crippen LogP contribution in [-0.2, 0) is 105 Å². The Labute approximate surface area is 716 Å². The Hall–Kier alpha value is -12.3. The molecule has 0 aliphatic heterocycles. The molecule has 0 bridgehead atoms. The van der Waals surface area contributed by atoms with Gasteiger partial charge in [0.05, 0.1) is 141 Å². The molecule has 0 heterocycles. The van der Waals surface area contributed by atoms with Crippen LogP contribution in [0.5, 0.6) is 17.2 Å². The first-order valence-corrected chi connectivity index (χ1v) is 37.0. The summed E-state index contributed by atoms with van der Waals surface area (Å²) in [7, 11) is 4.83. The molecule has 3 N–H and O–H groups in total. The smallest absolute Gasteiger partial charge is 0.505 e. The van der Waals surface area contributed by atoms with Crippen molar-refractivity contribution in [3.63, 3.8) is 0 Å². The summed E-state index contributed by atoms with van der Waals surface area (Å²) in [5, 5.41) is 23.7. The van der Waals surface area contributed by atoms with Gasteiger partial charge < -0.3 is 120 Å². The van der Waals surface area contributed by atoms with Gasteiger partial charge in [0.25, 0.3) is 0 Å². The van der Waals surface area contributed by atoms with Gasteiger partial charge in [-0.05, 0) is 89.1 Å². The van der Waals surface area contributed by atoms with Crippen LogP contribution in [0.25, 0.3) is 11.1 Å². The lowest BCUT2D eigenvalue weighted by atomic mass is 10.1. The Morgan fingerprint density at radius 1 is 0.383 bits per heavy atom. The third kappa shape index (κ3) is 138. The molecule has 0 unspecified atom stereocenters. The number of hydrogen-bond acceptors (Lipinski definition) is 28. The average Bonchev–Trinajstić information content (AvgIpc) is 0.871. The number of aryl methyl sites for hydroxylation is 1. The van der Waals surface area contributed by atoms with Crippen LogP contribution in [0.2, 0.25) is 0 Å². The summed E-state index contributed by atoms with van der Waals surface area (Å²) in [5.74, 6) is 2.20. The topological polar surface area (TPSA) is 324 Å². The largest absolute Gasteiger partial charge is 0.547 e. The first-order valence-electron chi connectivity index (χ1n) is 37.0. The highest BCUT2D eigenvalue weighted by atomic mass is 17.2. The molecule has 4 aromatic rings. The average molecular weight is 1700 g/mol. The number of aliphatic hydroxyl groups excluding tert-OH is 2. The van der Waals surface area contributed by atoms with Gasteiger partial charge in [-0.2, -0.15) is 0 Å². The summed E-state index contributed by atoms with van der Waals surface area (Å²) in [4.78, 5) is 36.9. The number of rotatable bonds is 54.